The number of carbonyl (C=O) groups is 1. The van der Waals surface area contributed by atoms with Crippen LogP contribution in [0.3, 0.4) is 0 Å². The molecular formula is C22H32N4O. The standard InChI is InChI=1S/C22H32N4O/c27-22-8-4-7-19-17-12-18(15-25(14-17)21-13-23-9-10-24-21)20(26(19)22)11-16-5-2-1-3-6-16/h9-10,13,16-20H,1-8,11-12,14-15H2/t17-,18+,19+,20+/m1/s1. The van der Waals surface area contributed by atoms with E-state index in [0.29, 0.717) is 29.8 Å². The van der Waals surface area contributed by atoms with Gasteiger partial charge in [-0.3, -0.25) is 9.78 Å². The van der Waals surface area contributed by atoms with Gasteiger partial charge in [0.1, 0.15) is 5.82 Å². The number of hydrogen-bond acceptors (Lipinski definition) is 4. The van der Waals surface area contributed by atoms with Crippen LogP contribution in [-0.4, -0.2) is 45.9 Å². The Bertz CT molecular complexity index is 660. The lowest BCUT2D eigenvalue weighted by Crippen LogP contribution is -2.65. The maximum Gasteiger partial charge on any atom is 0.223 e. The Morgan fingerprint density at radius 3 is 2.67 bits per heavy atom. The van der Waals surface area contributed by atoms with Gasteiger partial charge in [0, 0.05) is 44.0 Å². The lowest BCUT2D eigenvalue weighted by atomic mass is 9.69. The molecule has 0 spiro atoms. The van der Waals surface area contributed by atoms with Crippen molar-refractivity contribution >= 4 is 11.7 Å². The van der Waals surface area contributed by atoms with Crippen LogP contribution in [0.15, 0.2) is 18.6 Å². The molecule has 146 valence electrons. The maximum absolute atomic E-state index is 13.0. The van der Waals surface area contributed by atoms with E-state index >= 15 is 0 Å². The van der Waals surface area contributed by atoms with E-state index in [-0.39, 0.29) is 0 Å². The van der Waals surface area contributed by atoms with Crippen molar-refractivity contribution in [1.29, 1.82) is 0 Å². The minimum atomic E-state index is 0.440. The molecule has 4 aliphatic rings. The van der Waals surface area contributed by atoms with Crippen LogP contribution in [0.25, 0.3) is 0 Å². The molecule has 3 saturated heterocycles. The first-order valence-corrected chi connectivity index (χ1v) is 11.1. The molecule has 1 saturated carbocycles. The van der Waals surface area contributed by atoms with Crippen LogP contribution in [0.5, 0.6) is 0 Å². The summed E-state index contributed by atoms with van der Waals surface area (Å²) < 4.78 is 0. The number of fused-ring (bicyclic) bond motifs is 4. The predicted molar refractivity (Wildman–Crippen MR) is 105 cm³/mol. The zero-order chi connectivity index (χ0) is 18.2. The Balaban J connectivity index is 1.41. The van der Waals surface area contributed by atoms with Crippen molar-refractivity contribution in [3.8, 4) is 0 Å². The zero-order valence-electron chi connectivity index (χ0n) is 16.3. The molecule has 2 bridgehead atoms. The quantitative estimate of drug-likeness (QED) is 0.817. The van der Waals surface area contributed by atoms with Crippen molar-refractivity contribution in [2.24, 2.45) is 17.8 Å². The Labute approximate surface area is 162 Å². The van der Waals surface area contributed by atoms with Gasteiger partial charge in [0.05, 0.1) is 6.20 Å². The van der Waals surface area contributed by atoms with Gasteiger partial charge in [0.25, 0.3) is 0 Å². The second-order valence-corrected chi connectivity index (χ2v) is 9.29. The average molecular weight is 369 g/mol. The van der Waals surface area contributed by atoms with E-state index in [2.05, 4.69) is 19.8 Å². The monoisotopic (exact) mass is 368 g/mol. The zero-order valence-corrected chi connectivity index (χ0v) is 16.3. The number of amides is 1. The molecule has 4 atom stereocenters. The molecule has 1 amide bonds. The van der Waals surface area contributed by atoms with Gasteiger partial charge in [-0.15, -0.1) is 0 Å². The van der Waals surface area contributed by atoms with Crippen LogP contribution >= 0.6 is 0 Å². The highest BCUT2D eigenvalue weighted by Gasteiger charge is 2.49. The van der Waals surface area contributed by atoms with E-state index in [0.717, 1.165) is 37.7 Å². The van der Waals surface area contributed by atoms with E-state index in [9.17, 15) is 4.79 Å². The van der Waals surface area contributed by atoms with Crippen LogP contribution in [0.4, 0.5) is 5.82 Å². The minimum absolute atomic E-state index is 0.440. The van der Waals surface area contributed by atoms with Crippen molar-refractivity contribution in [2.75, 3.05) is 18.0 Å². The fraction of sp³-hybridized carbons (Fsp3) is 0.773. The van der Waals surface area contributed by atoms with Crippen molar-refractivity contribution < 1.29 is 4.79 Å². The summed E-state index contributed by atoms with van der Waals surface area (Å²) in [4.78, 5) is 26.7. The van der Waals surface area contributed by atoms with Crippen LogP contribution in [0, 0.1) is 17.8 Å². The topological polar surface area (TPSA) is 49.3 Å². The molecule has 5 rings (SSSR count). The van der Waals surface area contributed by atoms with E-state index in [1.165, 1.54) is 51.4 Å². The Morgan fingerprint density at radius 1 is 1.00 bits per heavy atom. The SMILES string of the molecule is O=C1CCC[C@H]2[C@@H]3C[C@@H](CN(c4cnccn4)C3)[C@H](CC3CCCCC3)N12. The molecule has 4 heterocycles. The number of anilines is 1. The highest BCUT2D eigenvalue weighted by molar-refractivity contribution is 5.78. The summed E-state index contributed by atoms with van der Waals surface area (Å²) >= 11 is 0. The normalized spacial score (nSPS) is 34.4. The van der Waals surface area contributed by atoms with Gasteiger partial charge in [0.2, 0.25) is 5.91 Å². The van der Waals surface area contributed by atoms with Gasteiger partial charge in [-0.05, 0) is 43.4 Å². The van der Waals surface area contributed by atoms with Crippen molar-refractivity contribution in [2.45, 2.75) is 76.3 Å². The minimum Gasteiger partial charge on any atom is -0.355 e. The van der Waals surface area contributed by atoms with Crippen molar-refractivity contribution in [1.82, 2.24) is 14.9 Å². The highest BCUT2D eigenvalue weighted by Crippen LogP contribution is 2.45. The van der Waals surface area contributed by atoms with Gasteiger partial charge >= 0.3 is 0 Å². The maximum atomic E-state index is 13.0. The van der Waals surface area contributed by atoms with Crippen LogP contribution in [0.1, 0.15) is 64.2 Å². The van der Waals surface area contributed by atoms with Gasteiger partial charge in [-0.1, -0.05) is 32.1 Å². The van der Waals surface area contributed by atoms with Crippen LogP contribution < -0.4 is 4.90 Å². The van der Waals surface area contributed by atoms with Gasteiger partial charge in [-0.25, -0.2) is 4.98 Å². The largest absolute Gasteiger partial charge is 0.355 e. The third-order valence-electron chi connectivity index (χ3n) is 7.67. The van der Waals surface area contributed by atoms with E-state index < -0.39 is 0 Å². The smallest absolute Gasteiger partial charge is 0.223 e. The van der Waals surface area contributed by atoms with Gasteiger partial charge in [0.15, 0.2) is 0 Å². The molecule has 5 nitrogen and oxygen atoms in total. The molecule has 3 aliphatic heterocycles. The van der Waals surface area contributed by atoms with Crippen LogP contribution in [0.2, 0.25) is 0 Å². The Hall–Kier alpha value is -1.65. The second-order valence-electron chi connectivity index (χ2n) is 9.29. The molecule has 1 aromatic heterocycles. The molecule has 0 N–H and O–H groups in total. The summed E-state index contributed by atoms with van der Waals surface area (Å²) in [6, 6.07) is 0.900. The third kappa shape index (κ3) is 3.34. The first-order chi connectivity index (χ1) is 13.3. The molecule has 27 heavy (non-hydrogen) atoms. The van der Waals surface area contributed by atoms with Crippen molar-refractivity contribution in [3.05, 3.63) is 18.6 Å². The summed E-state index contributed by atoms with van der Waals surface area (Å²) in [7, 11) is 0. The van der Waals surface area contributed by atoms with Crippen LogP contribution in [-0.2, 0) is 4.79 Å². The molecule has 0 unspecified atom stereocenters. The molecule has 1 aromatic rings. The first-order valence-electron chi connectivity index (χ1n) is 11.1. The number of hydrogen-bond donors (Lipinski definition) is 0. The number of aromatic nitrogens is 2. The van der Waals surface area contributed by atoms with E-state index in [1.807, 2.05) is 6.20 Å². The van der Waals surface area contributed by atoms with E-state index in [1.54, 1.807) is 12.4 Å². The summed E-state index contributed by atoms with van der Waals surface area (Å²) in [5.74, 6) is 3.46. The predicted octanol–water partition coefficient (Wildman–Crippen LogP) is 3.65. The second kappa shape index (κ2) is 7.40. The summed E-state index contributed by atoms with van der Waals surface area (Å²) in [6.07, 6.45) is 17.9. The summed E-state index contributed by atoms with van der Waals surface area (Å²) in [5.41, 5.74) is 0. The van der Waals surface area contributed by atoms with Gasteiger partial charge < -0.3 is 9.80 Å². The molecule has 0 radical (unpaired) electrons. The average Bonchev–Trinajstić information content (AvgIpc) is 2.72. The fourth-order valence-electron chi connectivity index (χ4n) is 6.48. The van der Waals surface area contributed by atoms with Gasteiger partial charge in [-0.2, -0.15) is 0 Å². The number of rotatable bonds is 3. The Morgan fingerprint density at radius 2 is 1.85 bits per heavy atom. The lowest BCUT2D eigenvalue weighted by molar-refractivity contribution is -0.149. The number of piperidine rings is 3. The number of carbonyl (C=O) groups excluding carboxylic acids is 1. The Kier molecular flexibility index (Phi) is 4.78. The molecule has 5 heteroatoms. The summed E-state index contributed by atoms with van der Waals surface area (Å²) in [5, 5.41) is 0. The fourth-order valence-corrected chi connectivity index (χ4v) is 6.48. The molecule has 4 fully saturated rings. The molecular weight excluding hydrogens is 336 g/mol. The lowest BCUT2D eigenvalue weighted by Gasteiger charge is -2.57. The van der Waals surface area contributed by atoms with Crippen molar-refractivity contribution in [3.63, 3.8) is 0 Å². The number of nitrogens with zero attached hydrogens (tertiary/aromatic N) is 4. The third-order valence-corrected chi connectivity index (χ3v) is 7.67. The van der Waals surface area contributed by atoms with E-state index in [4.69, 9.17) is 0 Å². The molecule has 0 aromatic carbocycles. The summed E-state index contributed by atoms with van der Waals surface area (Å²) in [6.45, 7) is 2.06. The highest BCUT2D eigenvalue weighted by atomic mass is 16.2. The molecule has 1 aliphatic carbocycles. The first kappa shape index (κ1) is 17.4.